The molecule has 4 rings (SSSR count). The van der Waals surface area contributed by atoms with Crippen molar-refractivity contribution >= 4 is 29.7 Å². The molecular weight excluding hydrogens is 496 g/mol. The summed E-state index contributed by atoms with van der Waals surface area (Å²) in [5.41, 5.74) is -2.72. The number of fused-ring (bicyclic) bond motifs is 3. The van der Waals surface area contributed by atoms with Gasteiger partial charge >= 0.3 is 23.9 Å². The number of aliphatic hydroxyl groups is 1. The summed E-state index contributed by atoms with van der Waals surface area (Å²) in [4.78, 5) is 62.8. The van der Waals surface area contributed by atoms with E-state index in [1.165, 1.54) is 27.7 Å². The first-order valence-electron chi connectivity index (χ1n) is 13.1. The zero-order valence-electron chi connectivity index (χ0n) is 23.1. The Morgan fingerprint density at radius 2 is 1.32 bits per heavy atom. The first-order valence-corrected chi connectivity index (χ1v) is 13.1. The average molecular weight is 535 g/mol. The molecule has 0 amide bonds. The number of aliphatic hydroxyl groups excluding tert-OH is 1. The van der Waals surface area contributed by atoms with Crippen LogP contribution in [0.25, 0.3) is 0 Å². The molecule has 1 N–H and O–H groups in total. The summed E-state index contributed by atoms with van der Waals surface area (Å²) in [6.45, 7) is 14.6. The van der Waals surface area contributed by atoms with Crippen molar-refractivity contribution in [2.75, 3.05) is 0 Å². The smallest absolute Gasteiger partial charge is 0.303 e. The molecular formula is C28H38O10. The van der Waals surface area contributed by atoms with E-state index in [0.717, 1.165) is 0 Å². The molecule has 2 bridgehead atoms. The molecule has 0 aromatic carbocycles. The fraction of sp³-hybridized carbons (Fsp3) is 0.750. The van der Waals surface area contributed by atoms with Crippen molar-refractivity contribution in [1.29, 1.82) is 0 Å². The third-order valence-electron chi connectivity index (χ3n) is 9.53. The van der Waals surface area contributed by atoms with E-state index >= 15 is 0 Å². The Bertz CT molecular complexity index is 1090. The molecule has 4 saturated carbocycles. The standard InChI is InChI=1S/C28H38O10/c1-12-17-9-28(24(12)34)10-18(33)22-26(6,7)25(38-16(5)32)19(35-13(2)29)11-27(22,8)23(28)21(37-15(4)31)20(17)36-14(3)30/h17-23,25,33H,1,9-11H2,2-8H3/t17-,18-,19-,20+,21-,22+,23-,25-,27+,28-/m0/s1. The topological polar surface area (TPSA) is 143 Å². The Kier molecular flexibility index (Phi) is 6.82. The van der Waals surface area contributed by atoms with Gasteiger partial charge in [0.05, 0.1) is 6.10 Å². The predicted molar refractivity (Wildman–Crippen MR) is 131 cm³/mol. The van der Waals surface area contributed by atoms with E-state index in [9.17, 15) is 29.1 Å². The molecule has 0 heterocycles. The second-order valence-electron chi connectivity index (χ2n) is 12.4. The molecule has 0 aromatic heterocycles. The number of carbonyl (C=O) groups excluding carboxylic acids is 5. The Balaban J connectivity index is 1.95. The molecule has 10 nitrogen and oxygen atoms in total. The zero-order chi connectivity index (χ0) is 28.5. The van der Waals surface area contributed by atoms with Crippen molar-refractivity contribution < 1.29 is 48.0 Å². The van der Waals surface area contributed by atoms with Crippen LogP contribution in [0.2, 0.25) is 0 Å². The fourth-order valence-corrected chi connectivity index (χ4v) is 9.03. The minimum atomic E-state index is -1.12. The molecule has 0 saturated heterocycles. The van der Waals surface area contributed by atoms with Crippen LogP contribution in [-0.2, 0) is 42.9 Å². The monoisotopic (exact) mass is 534 g/mol. The Labute approximate surface area is 222 Å². The van der Waals surface area contributed by atoms with Gasteiger partial charge in [-0.3, -0.25) is 24.0 Å². The highest BCUT2D eigenvalue weighted by Crippen LogP contribution is 2.72. The van der Waals surface area contributed by atoms with Gasteiger partial charge in [-0.15, -0.1) is 0 Å². The van der Waals surface area contributed by atoms with E-state index in [1.807, 2.05) is 20.8 Å². The van der Waals surface area contributed by atoms with Crippen LogP contribution in [0.5, 0.6) is 0 Å². The van der Waals surface area contributed by atoms with Gasteiger partial charge in [-0.25, -0.2) is 0 Å². The minimum Gasteiger partial charge on any atom is -0.459 e. The summed E-state index contributed by atoms with van der Waals surface area (Å²) >= 11 is 0. The van der Waals surface area contributed by atoms with Crippen LogP contribution in [0.1, 0.15) is 67.7 Å². The maximum Gasteiger partial charge on any atom is 0.303 e. The Morgan fingerprint density at radius 3 is 1.84 bits per heavy atom. The van der Waals surface area contributed by atoms with Gasteiger partial charge in [0.25, 0.3) is 0 Å². The number of Topliss-reactive ketones (excluding diaryl/α,β-unsaturated/α-hetero) is 1. The molecule has 4 aliphatic rings. The number of rotatable bonds is 4. The number of ketones is 1. The lowest BCUT2D eigenvalue weighted by Crippen LogP contribution is -2.72. The minimum absolute atomic E-state index is 0.0886. The van der Waals surface area contributed by atoms with Crippen LogP contribution in [0, 0.1) is 34.0 Å². The van der Waals surface area contributed by atoms with Gasteiger partial charge in [0.2, 0.25) is 0 Å². The molecule has 4 fully saturated rings. The number of esters is 4. The number of hydrogen-bond acceptors (Lipinski definition) is 10. The summed E-state index contributed by atoms with van der Waals surface area (Å²) in [6, 6.07) is 0. The van der Waals surface area contributed by atoms with Gasteiger partial charge in [0.1, 0.15) is 24.4 Å². The Morgan fingerprint density at radius 1 is 0.789 bits per heavy atom. The van der Waals surface area contributed by atoms with Gasteiger partial charge < -0.3 is 24.1 Å². The molecule has 0 unspecified atom stereocenters. The van der Waals surface area contributed by atoms with E-state index in [-0.39, 0.29) is 30.6 Å². The Hall–Kier alpha value is -2.75. The fourth-order valence-electron chi connectivity index (χ4n) is 9.03. The normalized spacial score (nSPS) is 42.8. The first-order chi connectivity index (χ1) is 17.5. The highest BCUT2D eigenvalue weighted by molar-refractivity contribution is 6.03. The van der Waals surface area contributed by atoms with Crippen molar-refractivity contribution in [3.8, 4) is 0 Å². The molecule has 1 spiro atoms. The average Bonchev–Trinajstić information content (AvgIpc) is 2.94. The lowest BCUT2D eigenvalue weighted by molar-refractivity contribution is -0.280. The molecule has 10 heteroatoms. The molecule has 10 atom stereocenters. The van der Waals surface area contributed by atoms with E-state index < -0.39 is 88.4 Å². The van der Waals surface area contributed by atoms with Crippen molar-refractivity contribution in [2.45, 2.75) is 98.2 Å². The van der Waals surface area contributed by atoms with Gasteiger partial charge in [0.15, 0.2) is 5.78 Å². The van der Waals surface area contributed by atoms with Crippen molar-refractivity contribution in [2.24, 2.45) is 34.0 Å². The maximum absolute atomic E-state index is 14.0. The van der Waals surface area contributed by atoms with Crippen LogP contribution >= 0.6 is 0 Å². The SMILES string of the molecule is C=C1C(=O)[C@@]23C[C@H](O)[C@@H]4C(C)(C)[C@@H](OC(C)=O)[C@@H](OC(C)=O)C[C@@]4(C)[C@@H]2[C@@H](OC(C)=O)[C@H](OC(C)=O)[C@H]1C3. The molecule has 0 radical (unpaired) electrons. The molecule has 38 heavy (non-hydrogen) atoms. The lowest BCUT2D eigenvalue weighted by atomic mass is 9.38. The summed E-state index contributed by atoms with van der Waals surface area (Å²) in [7, 11) is 0. The molecule has 0 aromatic rings. The van der Waals surface area contributed by atoms with Gasteiger partial charge in [-0.05, 0) is 36.2 Å². The van der Waals surface area contributed by atoms with Crippen LogP contribution < -0.4 is 0 Å². The highest BCUT2D eigenvalue weighted by atomic mass is 16.6. The van der Waals surface area contributed by atoms with Crippen molar-refractivity contribution in [3.05, 3.63) is 12.2 Å². The second-order valence-corrected chi connectivity index (χ2v) is 12.4. The van der Waals surface area contributed by atoms with Crippen LogP contribution in [0.4, 0.5) is 0 Å². The molecule has 4 aliphatic carbocycles. The quantitative estimate of drug-likeness (QED) is 0.324. The number of ether oxygens (including phenoxy) is 4. The van der Waals surface area contributed by atoms with E-state index in [0.29, 0.717) is 0 Å². The lowest BCUT2D eigenvalue weighted by Gasteiger charge is -2.67. The third-order valence-corrected chi connectivity index (χ3v) is 9.53. The summed E-state index contributed by atoms with van der Waals surface area (Å²) in [6.07, 6.45) is -4.19. The largest absolute Gasteiger partial charge is 0.459 e. The highest BCUT2D eigenvalue weighted by Gasteiger charge is 2.76. The van der Waals surface area contributed by atoms with Crippen LogP contribution in [-0.4, -0.2) is 65.3 Å². The van der Waals surface area contributed by atoms with Gasteiger partial charge in [0, 0.05) is 50.4 Å². The number of hydrogen-bond donors (Lipinski definition) is 1. The van der Waals surface area contributed by atoms with Gasteiger partial charge in [-0.2, -0.15) is 0 Å². The summed E-state index contributed by atoms with van der Waals surface area (Å²) < 4.78 is 23.0. The van der Waals surface area contributed by atoms with Crippen molar-refractivity contribution in [3.63, 3.8) is 0 Å². The summed E-state index contributed by atoms with van der Waals surface area (Å²) in [5, 5.41) is 11.7. The van der Waals surface area contributed by atoms with Gasteiger partial charge in [-0.1, -0.05) is 27.4 Å². The van der Waals surface area contributed by atoms with E-state index in [4.69, 9.17) is 18.9 Å². The number of carbonyl (C=O) groups is 5. The van der Waals surface area contributed by atoms with Crippen molar-refractivity contribution in [1.82, 2.24) is 0 Å². The predicted octanol–water partition coefficient (Wildman–Crippen LogP) is 2.29. The molecule has 0 aliphatic heterocycles. The van der Waals surface area contributed by atoms with E-state index in [2.05, 4.69) is 6.58 Å². The van der Waals surface area contributed by atoms with Crippen LogP contribution in [0.15, 0.2) is 12.2 Å². The first kappa shape index (κ1) is 28.3. The molecule has 210 valence electrons. The third kappa shape index (κ3) is 4.06. The van der Waals surface area contributed by atoms with Crippen LogP contribution in [0.3, 0.4) is 0 Å². The summed E-state index contributed by atoms with van der Waals surface area (Å²) in [5.74, 6) is -4.36. The van der Waals surface area contributed by atoms with E-state index in [1.54, 1.807) is 0 Å². The maximum atomic E-state index is 14.0. The zero-order valence-corrected chi connectivity index (χ0v) is 23.1. The second kappa shape index (κ2) is 9.17.